The standard InChI is InChI=1S/C15H19N5O3/c1-17-12(21)19-10-4-7-11(20(19)13(17)22)15-6-23-5-14(10,15)8-2-3-9(15)18(7)16-8/h7-11,16H,2-6H2,1H3. The third kappa shape index (κ3) is 0.833. The summed E-state index contributed by atoms with van der Waals surface area (Å²) in [4.78, 5) is 25.5. The van der Waals surface area contributed by atoms with Gasteiger partial charge in [-0.1, -0.05) is 0 Å². The van der Waals surface area contributed by atoms with Gasteiger partial charge in [-0.15, -0.1) is 0 Å². The second-order valence-electron chi connectivity index (χ2n) is 8.33. The van der Waals surface area contributed by atoms with Gasteiger partial charge in [0.05, 0.1) is 31.3 Å². The predicted molar refractivity (Wildman–Crippen MR) is 77.9 cm³/mol. The zero-order valence-electron chi connectivity index (χ0n) is 12.9. The van der Waals surface area contributed by atoms with Gasteiger partial charge in [-0.05, 0) is 19.3 Å². The van der Waals surface area contributed by atoms with Gasteiger partial charge in [0.2, 0.25) is 0 Å². The molecule has 7 heterocycles. The number of nitrogens with zero attached hydrogens (tertiary/aromatic N) is 4. The van der Waals surface area contributed by atoms with Crippen molar-refractivity contribution < 1.29 is 4.74 Å². The number of fused-ring (bicyclic) bond motifs is 1. The largest absolute Gasteiger partial charge is 0.380 e. The Balaban J connectivity index is 1.69. The van der Waals surface area contributed by atoms with Crippen LogP contribution < -0.4 is 16.8 Å². The highest BCUT2D eigenvalue weighted by molar-refractivity contribution is 5.34. The van der Waals surface area contributed by atoms with Gasteiger partial charge in [0.1, 0.15) is 0 Å². The molecular formula is C15H19N5O3. The molecule has 1 aromatic rings. The molecule has 0 aromatic carbocycles. The molecule has 8 atom stereocenters. The number of rotatable bonds is 0. The summed E-state index contributed by atoms with van der Waals surface area (Å²) < 4.78 is 11.0. The Bertz CT molecular complexity index is 896. The molecule has 2 aliphatic carbocycles. The van der Waals surface area contributed by atoms with Crippen molar-refractivity contribution in [3.63, 3.8) is 0 Å². The van der Waals surface area contributed by atoms with Crippen LogP contribution >= 0.6 is 0 Å². The van der Waals surface area contributed by atoms with Gasteiger partial charge < -0.3 is 4.74 Å². The zero-order valence-corrected chi connectivity index (χ0v) is 12.9. The normalized spacial score (nSPS) is 56.4. The number of hydrogen-bond donors (Lipinski definition) is 1. The van der Waals surface area contributed by atoms with Crippen LogP contribution in [-0.2, 0) is 11.8 Å². The summed E-state index contributed by atoms with van der Waals surface area (Å²) in [5.74, 6) is 0. The molecule has 8 heteroatoms. The lowest BCUT2D eigenvalue weighted by Crippen LogP contribution is -2.75. The van der Waals surface area contributed by atoms with Crippen molar-refractivity contribution in [2.75, 3.05) is 13.2 Å². The van der Waals surface area contributed by atoms with Gasteiger partial charge in [-0.3, -0.25) is 5.43 Å². The van der Waals surface area contributed by atoms with E-state index in [1.165, 1.54) is 11.0 Å². The Kier molecular flexibility index (Phi) is 1.62. The van der Waals surface area contributed by atoms with Gasteiger partial charge in [0.15, 0.2) is 0 Å². The first-order chi connectivity index (χ1) is 11.1. The van der Waals surface area contributed by atoms with E-state index in [1.54, 1.807) is 16.4 Å². The molecule has 8 nitrogen and oxygen atoms in total. The second-order valence-corrected chi connectivity index (χ2v) is 8.33. The highest BCUT2D eigenvalue weighted by Gasteiger charge is 2.85. The minimum absolute atomic E-state index is 0.00632. The summed E-state index contributed by atoms with van der Waals surface area (Å²) >= 11 is 0. The molecule has 4 saturated heterocycles. The van der Waals surface area contributed by atoms with E-state index in [0.29, 0.717) is 18.1 Å². The highest BCUT2D eigenvalue weighted by atomic mass is 16.5. The van der Waals surface area contributed by atoms with Crippen LogP contribution in [0.15, 0.2) is 9.59 Å². The van der Waals surface area contributed by atoms with Crippen LogP contribution in [0.2, 0.25) is 0 Å². The third-order valence-electron chi connectivity index (χ3n) is 8.20. The van der Waals surface area contributed by atoms with Crippen molar-refractivity contribution in [2.45, 2.75) is 49.5 Å². The average Bonchev–Trinajstić information content (AvgIpc) is 3.16. The Morgan fingerprint density at radius 3 is 2.74 bits per heavy atom. The Hall–Kier alpha value is -1.38. The van der Waals surface area contributed by atoms with E-state index in [0.717, 1.165) is 26.1 Å². The molecule has 1 N–H and O–H groups in total. The zero-order chi connectivity index (χ0) is 15.3. The number of hydrogen-bond acceptors (Lipinski definition) is 5. The highest BCUT2D eigenvalue weighted by Crippen LogP contribution is 2.77. The fourth-order valence-electron chi connectivity index (χ4n) is 7.68. The Morgan fingerprint density at radius 1 is 1.09 bits per heavy atom. The fourth-order valence-corrected chi connectivity index (χ4v) is 7.68. The first kappa shape index (κ1) is 12.0. The topological polar surface area (TPSA) is 73.4 Å². The number of nitrogens with one attached hydrogen (secondary N) is 1. The van der Waals surface area contributed by atoms with Crippen LogP contribution in [0, 0.1) is 10.8 Å². The van der Waals surface area contributed by atoms with E-state index in [-0.39, 0.29) is 34.3 Å². The van der Waals surface area contributed by atoms with Crippen LogP contribution in [-0.4, -0.2) is 50.3 Å². The number of ether oxygens (including phenoxy) is 1. The van der Waals surface area contributed by atoms with Crippen LogP contribution in [0.3, 0.4) is 0 Å². The van der Waals surface area contributed by atoms with Crippen LogP contribution in [0.4, 0.5) is 0 Å². The van der Waals surface area contributed by atoms with Crippen molar-refractivity contribution in [1.29, 1.82) is 0 Å². The van der Waals surface area contributed by atoms with E-state index in [4.69, 9.17) is 4.74 Å². The molecule has 8 unspecified atom stereocenters. The quantitative estimate of drug-likeness (QED) is 0.636. The molecule has 7 bridgehead atoms. The SMILES string of the molecule is Cn1c(=O)n2n(c1=O)C1C3CC2C24COCC12C1CCC4NN31. The molecule has 6 fully saturated rings. The molecule has 1 spiro atoms. The molecule has 0 amide bonds. The number of aromatic nitrogens is 3. The van der Waals surface area contributed by atoms with Gasteiger partial charge in [0.25, 0.3) is 0 Å². The van der Waals surface area contributed by atoms with E-state index in [2.05, 4.69) is 10.4 Å². The Morgan fingerprint density at radius 2 is 1.87 bits per heavy atom. The summed E-state index contributed by atoms with van der Waals surface area (Å²) in [6, 6.07) is 1.26. The molecular weight excluding hydrogens is 298 g/mol. The summed E-state index contributed by atoms with van der Waals surface area (Å²) in [6.07, 6.45) is 3.28. The van der Waals surface area contributed by atoms with E-state index >= 15 is 0 Å². The maximum absolute atomic E-state index is 12.8. The van der Waals surface area contributed by atoms with E-state index < -0.39 is 0 Å². The van der Waals surface area contributed by atoms with Crippen LogP contribution in [0.25, 0.3) is 0 Å². The minimum atomic E-state index is -0.158. The minimum Gasteiger partial charge on any atom is -0.380 e. The second kappa shape index (κ2) is 3.10. The van der Waals surface area contributed by atoms with Crippen molar-refractivity contribution in [1.82, 2.24) is 24.4 Å². The maximum atomic E-state index is 12.8. The van der Waals surface area contributed by atoms with Gasteiger partial charge in [-0.25, -0.2) is 28.5 Å². The van der Waals surface area contributed by atoms with E-state index in [9.17, 15) is 9.59 Å². The van der Waals surface area contributed by atoms with Crippen LogP contribution in [0.1, 0.15) is 31.3 Å². The molecule has 1 aromatic heterocycles. The summed E-state index contributed by atoms with van der Waals surface area (Å²) in [5, 5.41) is 2.44. The van der Waals surface area contributed by atoms with Crippen LogP contribution in [0.5, 0.6) is 0 Å². The fraction of sp³-hybridized carbons (Fsp3) is 0.867. The summed E-state index contributed by atoms with van der Waals surface area (Å²) in [5.41, 5.74) is 3.42. The third-order valence-corrected chi connectivity index (χ3v) is 8.20. The molecule has 0 radical (unpaired) electrons. The monoisotopic (exact) mass is 317 g/mol. The molecule has 9 rings (SSSR count). The van der Waals surface area contributed by atoms with Crippen molar-refractivity contribution >= 4 is 0 Å². The molecule has 23 heavy (non-hydrogen) atoms. The lowest BCUT2D eigenvalue weighted by Gasteiger charge is -2.65. The van der Waals surface area contributed by atoms with Crippen molar-refractivity contribution in [2.24, 2.45) is 17.9 Å². The number of hydrazine groups is 1. The van der Waals surface area contributed by atoms with Gasteiger partial charge in [0, 0.05) is 30.0 Å². The lowest BCUT2D eigenvalue weighted by molar-refractivity contribution is -0.165. The molecule has 122 valence electrons. The molecule has 6 aliphatic heterocycles. The first-order valence-corrected chi connectivity index (χ1v) is 8.65. The van der Waals surface area contributed by atoms with E-state index in [1.807, 2.05) is 0 Å². The maximum Gasteiger partial charge on any atom is 0.347 e. The Labute approximate surface area is 131 Å². The van der Waals surface area contributed by atoms with Gasteiger partial charge >= 0.3 is 11.4 Å². The van der Waals surface area contributed by atoms with Gasteiger partial charge in [-0.2, -0.15) is 0 Å². The molecule has 8 aliphatic rings. The molecule has 2 saturated carbocycles. The average molecular weight is 317 g/mol. The van der Waals surface area contributed by atoms with Crippen molar-refractivity contribution in [3.8, 4) is 0 Å². The smallest absolute Gasteiger partial charge is 0.347 e. The first-order valence-electron chi connectivity index (χ1n) is 8.65. The lowest BCUT2D eigenvalue weighted by atomic mass is 9.45. The summed E-state index contributed by atoms with van der Waals surface area (Å²) in [7, 11) is 1.61. The predicted octanol–water partition coefficient (Wildman–Crippen LogP) is -1.42. The van der Waals surface area contributed by atoms with Crippen molar-refractivity contribution in [3.05, 3.63) is 21.0 Å². The summed E-state index contributed by atoms with van der Waals surface area (Å²) in [6.45, 7) is 1.46.